The number of ether oxygens (including phenoxy) is 1. The smallest absolute Gasteiger partial charge is 0.277 e. The van der Waals surface area contributed by atoms with Crippen molar-refractivity contribution in [1.82, 2.24) is 5.43 Å². The Labute approximate surface area is 182 Å². The molecule has 2 amide bonds. The van der Waals surface area contributed by atoms with Crippen molar-refractivity contribution in [2.24, 2.45) is 5.10 Å². The van der Waals surface area contributed by atoms with E-state index in [0.29, 0.717) is 17.1 Å². The van der Waals surface area contributed by atoms with Gasteiger partial charge in [0.15, 0.2) is 6.61 Å². The average Bonchev–Trinajstić information content (AvgIpc) is 2.77. The van der Waals surface area contributed by atoms with E-state index in [1.165, 1.54) is 12.5 Å². The molecule has 6 heteroatoms. The number of carbonyl (C=O) groups is 2. The second-order valence-corrected chi connectivity index (χ2v) is 7.05. The number of nitrogens with zero attached hydrogens (tertiary/aromatic N) is 1. The van der Waals surface area contributed by atoms with Crippen molar-refractivity contribution in [3.63, 3.8) is 0 Å². The lowest BCUT2D eigenvalue weighted by Gasteiger charge is -2.11. The standard InChI is InChI=1S/C25H25N3O3/c1-18(21-12-8-13-23(16-21)26-19(2)29)27-28-25(30)17-31-24-14-7-6-11-22(24)15-20-9-4-3-5-10-20/h3-14,16H,15,17H2,1-2H3,(H,26,29)(H,28,30)/b27-18-. The summed E-state index contributed by atoms with van der Waals surface area (Å²) in [5.41, 5.74) is 6.78. The van der Waals surface area contributed by atoms with Crippen molar-refractivity contribution in [3.8, 4) is 5.75 Å². The summed E-state index contributed by atoms with van der Waals surface area (Å²) in [6.45, 7) is 3.09. The molecular formula is C25H25N3O3. The van der Waals surface area contributed by atoms with Gasteiger partial charge >= 0.3 is 0 Å². The van der Waals surface area contributed by atoms with Gasteiger partial charge in [0.2, 0.25) is 5.91 Å². The number of anilines is 1. The van der Waals surface area contributed by atoms with E-state index < -0.39 is 0 Å². The summed E-state index contributed by atoms with van der Waals surface area (Å²) in [5, 5.41) is 6.87. The first-order chi connectivity index (χ1) is 15.0. The lowest BCUT2D eigenvalue weighted by atomic mass is 10.0. The molecule has 0 aliphatic carbocycles. The Hall–Kier alpha value is -3.93. The molecule has 0 aliphatic heterocycles. The molecular weight excluding hydrogens is 390 g/mol. The maximum atomic E-state index is 12.2. The van der Waals surface area contributed by atoms with E-state index in [2.05, 4.69) is 28.0 Å². The molecule has 0 radical (unpaired) electrons. The van der Waals surface area contributed by atoms with Crippen molar-refractivity contribution in [2.75, 3.05) is 11.9 Å². The van der Waals surface area contributed by atoms with Crippen LogP contribution in [0.3, 0.4) is 0 Å². The Morgan fingerprint density at radius 2 is 1.65 bits per heavy atom. The predicted octanol–water partition coefficient (Wildman–Crippen LogP) is 4.16. The quantitative estimate of drug-likeness (QED) is 0.428. The van der Waals surface area contributed by atoms with Crippen molar-refractivity contribution in [1.29, 1.82) is 0 Å². The van der Waals surface area contributed by atoms with Crippen molar-refractivity contribution < 1.29 is 14.3 Å². The van der Waals surface area contributed by atoms with Gasteiger partial charge in [-0.1, -0.05) is 60.7 Å². The zero-order chi connectivity index (χ0) is 22.1. The molecule has 158 valence electrons. The number of nitrogens with one attached hydrogen (secondary N) is 2. The van der Waals surface area contributed by atoms with Crippen LogP contribution in [0.5, 0.6) is 5.75 Å². The number of hydrogen-bond donors (Lipinski definition) is 2. The highest BCUT2D eigenvalue weighted by atomic mass is 16.5. The van der Waals surface area contributed by atoms with E-state index in [9.17, 15) is 9.59 Å². The van der Waals surface area contributed by atoms with Gasteiger partial charge in [-0.15, -0.1) is 0 Å². The minimum absolute atomic E-state index is 0.144. The number of rotatable bonds is 8. The van der Waals surface area contributed by atoms with Gasteiger partial charge in [-0.05, 0) is 41.8 Å². The Balaban J connectivity index is 1.58. The number of hydrazone groups is 1. The number of hydrogen-bond acceptors (Lipinski definition) is 4. The molecule has 31 heavy (non-hydrogen) atoms. The number of benzene rings is 3. The first-order valence-corrected chi connectivity index (χ1v) is 9.97. The summed E-state index contributed by atoms with van der Waals surface area (Å²) in [4.78, 5) is 23.4. The third kappa shape index (κ3) is 6.82. The lowest BCUT2D eigenvalue weighted by molar-refractivity contribution is -0.123. The van der Waals surface area contributed by atoms with Crippen LogP contribution in [-0.2, 0) is 16.0 Å². The van der Waals surface area contributed by atoms with E-state index in [0.717, 1.165) is 17.5 Å². The third-order valence-corrected chi connectivity index (χ3v) is 4.52. The van der Waals surface area contributed by atoms with Crippen LogP contribution in [0.15, 0.2) is 84.0 Å². The molecule has 3 aromatic carbocycles. The monoisotopic (exact) mass is 415 g/mol. The van der Waals surface area contributed by atoms with E-state index in [1.54, 1.807) is 19.1 Å². The molecule has 0 bridgehead atoms. The molecule has 0 heterocycles. The van der Waals surface area contributed by atoms with Crippen LogP contribution in [0.1, 0.15) is 30.5 Å². The predicted molar refractivity (Wildman–Crippen MR) is 122 cm³/mol. The van der Waals surface area contributed by atoms with Crippen molar-refractivity contribution in [3.05, 3.63) is 95.6 Å². The number of amides is 2. The SMILES string of the molecule is CC(=O)Nc1cccc(/C(C)=N\NC(=O)COc2ccccc2Cc2ccccc2)c1. The Morgan fingerprint density at radius 1 is 0.903 bits per heavy atom. The number of carbonyl (C=O) groups excluding carboxylic acids is 2. The van der Waals surface area contributed by atoms with Crippen LogP contribution >= 0.6 is 0 Å². The second kappa shape index (κ2) is 10.7. The Kier molecular flexibility index (Phi) is 7.54. The third-order valence-electron chi connectivity index (χ3n) is 4.52. The maximum absolute atomic E-state index is 12.2. The molecule has 0 spiro atoms. The van der Waals surface area contributed by atoms with E-state index in [-0.39, 0.29) is 18.4 Å². The second-order valence-electron chi connectivity index (χ2n) is 7.05. The largest absolute Gasteiger partial charge is 0.483 e. The first-order valence-electron chi connectivity index (χ1n) is 9.97. The molecule has 0 aromatic heterocycles. The van der Waals surface area contributed by atoms with E-state index >= 15 is 0 Å². The van der Waals surface area contributed by atoms with Gasteiger partial charge in [0.05, 0.1) is 5.71 Å². The summed E-state index contributed by atoms with van der Waals surface area (Å²) >= 11 is 0. The highest BCUT2D eigenvalue weighted by molar-refractivity contribution is 6.00. The fraction of sp³-hybridized carbons (Fsp3) is 0.160. The molecule has 2 N–H and O–H groups in total. The van der Waals surface area contributed by atoms with Gasteiger partial charge in [0.25, 0.3) is 5.91 Å². The average molecular weight is 415 g/mol. The molecule has 0 fully saturated rings. The topological polar surface area (TPSA) is 79.8 Å². The molecule has 0 aliphatic rings. The molecule has 0 saturated carbocycles. The van der Waals surface area contributed by atoms with Crippen LogP contribution in [-0.4, -0.2) is 24.1 Å². The van der Waals surface area contributed by atoms with Crippen LogP contribution in [0.2, 0.25) is 0 Å². The summed E-state index contributed by atoms with van der Waals surface area (Å²) in [7, 11) is 0. The number of para-hydroxylation sites is 1. The van der Waals surface area contributed by atoms with Gasteiger partial charge in [0.1, 0.15) is 5.75 Å². The maximum Gasteiger partial charge on any atom is 0.277 e. The van der Waals surface area contributed by atoms with E-state index in [1.807, 2.05) is 54.6 Å². The lowest BCUT2D eigenvalue weighted by Crippen LogP contribution is -2.25. The zero-order valence-corrected chi connectivity index (χ0v) is 17.6. The summed E-state index contributed by atoms with van der Waals surface area (Å²) in [5.74, 6) is 0.168. The minimum atomic E-state index is -0.355. The molecule has 6 nitrogen and oxygen atoms in total. The molecule has 3 rings (SSSR count). The van der Waals surface area contributed by atoms with Gasteiger partial charge in [-0.2, -0.15) is 5.10 Å². The fourth-order valence-corrected chi connectivity index (χ4v) is 3.02. The van der Waals surface area contributed by atoms with Crippen molar-refractivity contribution in [2.45, 2.75) is 20.3 Å². The van der Waals surface area contributed by atoms with Gasteiger partial charge in [0, 0.05) is 19.0 Å². The highest BCUT2D eigenvalue weighted by Crippen LogP contribution is 2.21. The van der Waals surface area contributed by atoms with Crippen LogP contribution in [0.4, 0.5) is 5.69 Å². The molecule has 0 saturated heterocycles. The zero-order valence-electron chi connectivity index (χ0n) is 17.6. The summed E-state index contributed by atoms with van der Waals surface area (Å²) in [6, 6.07) is 25.0. The van der Waals surface area contributed by atoms with Gasteiger partial charge in [-0.3, -0.25) is 9.59 Å². The van der Waals surface area contributed by atoms with Crippen LogP contribution in [0, 0.1) is 0 Å². The molecule has 0 unspecified atom stereocenters. The normalized spacial score (nSPS) is 11.0. The first kappa shape index (κ1) is 21.8. The Bertz CT molecular complexity index is 1080. The van der Waals surface area contributed by atoms with Gasteiger partial charge < -0.3 is 10.1 Å². The molecule has 3 aromatic rings. The fourth-order valence-electron chi connectivity index (χ4n) is 3.02. The van der Waals surface area contributed by atoms with E-state index in [4.69, 9.17) is 4.74 Å². The van der Waals surface area contributed by atoms with Crippen LogP contribution < -0.4 is 15.5 Å². The van der Waals surface area contributed by atoms with Crippen molar-refractivity contribution >= 4 is 23.2 Å². The minimum Gasteiger partial charge on any atom is -0.483 e. The Morgan fingerprint density at radius 3 is 2.42 bits per heavy atom. The van der Waals surface area contributed by atoms with Gasteiger partial charge in [-0.25, -0.2) is 5.43 Å². The summed E-state index contributed by atoms with van der Waals surface area (Å²) < 4.78 is 5.74. The molecule has 0 atom stereocenters. The summed E-state index contributed by atoms with van der Waals surface area (Å²) in [6.07, 6.45) is 0.723. The van der Waals surface area contributed by atoms with Crippen LogP contribution in [0.25, 0.3) is 0 Å². The highest BCUT2D eigenvalue weighted by Gasteiger charge is 2.08.